The SMILES string of the molecule is Cc1nn2cccnc2c1C(=O)OCC(=O)N(C)Cc1ccsc1. The number of fused-ring (bicyclic) bond motifs is 1. The van der Waals surface area contributed by atoms with Gasteiger partial charge < -0.3 is 9.64 Å². The first-order valence-electron chi connectivity index (χ1n) is 7.28. The van der Waals surface area contributed by atoms with E-state index in [0.29, 0.717) is 17.9 Å². The van der Waals surface area contributed by atoms with Crippen molar-refractivity contribution in [2.45, 2.75) is 13.5 Å². The van der Waals surface area contributed by atoms with E-state index in [1.165, 1.54) is 9.42 Å². The molecule has 24 heavy (non-hydrogen) atoms. The van der Waals surface area contributed by atoms with Crippen LogP contribution in [0.15, 0.2) is 35.3 Å². The molecule has 124 valence electrons. The Kier molecular flexibility index (Phi) is 4.57. The van der Waals surface area contributed by atoms with Crippen LogP contribution in [-0.2, 0) is 16.1 Å². The van der Waals surface area contributed by atoms with E-state index in [4.69, 9.17) is 4.74 Å². The van der Waals surface area contributed by atoms with E-state index in [2.05, 4.69) is 10.1 Å². The van der Waals surface area contributed by atoms with Crippen molar-refractivity contribution in [2.75, 3.05) is 13.7 Å². The fraction of sp³-hybridized carbons (Fsp3) is 0.250. The van der Waals surface area contributed by atoms with Gasteiger partial charge in [-0.1, -0.05) is 0 Å². The number of hydrogen-bond donors (Lipinski definition) is 0. The number of carbonyl (C=O) groups is 2. The van der Waals surface area contributed by atoms with Gasteiger partial charge >= 0.3 is 5.97 Å². The minimum absolute atomic E-state index is 0.267. The van der Waals surface area contributed by atoms with Gasteiger partial charge in [-0.15, -0.1) is 0 Å². The Labute approximate surface area is 142 Å². The maximum atomic E-state index is 12.3. The Morgan fingerprint density at radius 2 is 2.25 bits per heavy atom. The van der Waals surface area contributed by atoms with Crippen LogP contribution in [0.3, 0.4) is 0 Å². The van der Waals surface area contributed by atoms with E-state index in [-0.39, 0.29) is 18.1 Å². The van der Waals surface area contributed by atoms with Crippen molar-refractivity contribution in [2.24, 2.45) is 0 Å². The van der Waals surface area contributed by atoms with E-state index in [9.17, 15) is 9.59 Å². The molecule has 0 radical (unpaired) electrons. The number of esters is 1. The van der Waals surface area contributed by atoms with E-state index in [0.717, 1.165) is 5.56 Å². The van der Waals surface area contributed by atoms with Gasteiger partial charge in [0.2, 0.25) is 0 Å². The normalized spacial score (nSPS) is 10.8. The van der Waals surface area contributed by atoms with Crippen LogP contribution in [0.5, 0.6) is 0 Å². The van der Waals surface area contributed by atoms with Gasteiger partial charge in [0.05, 0.1) is 5.69 Å². The van der Waals surface area contributed by atoms with Gasteiger partial charge in [0.25, 0.3) is 5.91 Å². The maximum Gasteiger partial charge on any atom is 0.344 e. The third-order valence-electron chi connectivity index (χ3n) is 3.53. The van der Waals surface area contributed by atoms with Crippen molar-refractivity contribution < 1.29 is 14.3 Å². The number of ether oxygens (including phenoxy) is 1. The van der Waals surface area contributed by atoms with Crippen molar-refractivity contribution in [3.8, 4) is 0 Å². The van der Waals surface area contributed by atoms with Crippen LogP contribution >= 0.6 is 11.3 Å². The third kappa shape index (κ3) is 3.28. The molecule has 3 aromatic heterocycles. The number of likely N-dealkylation sites (N-methyl/N-ethyl adjacent to an activating group) is 1. The average Bonchev–Trinajstić information content (AvgIpc) is 3.18. The first-order valence-corrected chi connectivity index (χ1v) is 8.22. The second-order valence-electron chi connectivity index (χ2n) is 5.31. The quantitative estimate of drug-likeness (QED) is 0.661. The summed E-state index contributed by atoms with van der Waals surface area (Å²) in [6.45, 7) is 1.87. The van der Waals surface area contributed by atoms with Gasteiger partial charge in [-0.2, -0.15) is 16.4 Å². The summed E-state index contributed by atoms with van der Waals surface area (Å²) in [5.41, 5.74) is 2.26. The standard InChI is InChI=1S/C16H16N4O3S/c1-11-14(15-17-5-3-6-20(15)18-11)16(22)23-9-13(21)19(2)8-12-4-7-24-10-12/h3-7,10H,8-9H2,1-2H3. The maximum absolute atomic E-state index is 12.3. The largest absolute Gasteiger partial charge is 0.452 e. The van der Waals surface area contributed by atoms with Crippen LogP contribution in [0.4, 0.5) is 0 Å². The molecule has 3 heterocycles. The highest BCUT2D eigenvalue weighted by atomic mass is 32.1. The minimum atomic E-state index is -0.599. The van der Waals surface area contributed by atoms with Crippen molar-refractivity contribution in [3.05, 3.63) is 52.1 Å². The molecule has 0 unspecified atom stereocenters. The minimum Gasteiger partial charge on any atom is -0.452 e. The van der Waals surface area contributed by atoms with Gasteiger partial charge in [0.1, 0.15) is 5.56 Å². The number of hydrogen-bond acceptors (Lipinski definition) is 6. The highest BCUT2D eigenvalue weighted by Gasteiger charge is 2.21. The van der Waals surface area contributed by atoms with Gasteiger partial charge in [0.15, 0.2) is 12.3 Å². The van der Waals surface area contributed by atoms with Crippen LogP contribution in [0, 0.1) is 6.92 Å². The first kappa shape index (κ1) is 16.1. The smallest absolute Gasteiger partial charge is 0.344 e. The molecular formula is C16H16N4O3S. The molecule has 1 amide bonds. The predicted octanol–water partition coefficient (Wildman–Crippen LogP) is 1.91. The van der Waals surface area contributed by atoms with Gasteiger partial charge in [-0.05, 0) is 35.4 Å². The summed E-state index contributed by atoms with van der Waals surface area (Å²) in [5.74, 6) is -0.866. The Morgan fingerprint density at radius 1 is 1.42 bits per heavy atom. The zero-order chi connectivity index (χ0) is 17.1. The lowest BCUT2D eigenvalue weighted by atomic mass is 10.2. The lowest BCUT2D eigenvalue weighted by molar-refractivity contribution is -0.133. The molecule has 0 aliphatic carbocycles. The fourth-order valence-electron chi connectivity index (χ4n) is 2.29. The molecule has 8 heteroatoms. The van der Waals surface area contributed by atoms with Gasteiger partial charge in [-0.25, -0.2) is 14.3 Å². The average molecular weight is 344 g/mol. The summed E-state index contributed by atoms with van der Waals surface area (Å²) in [6.07, 6.45) is 3.28. The van der Waals surface area contributed by atoms with Gasteiger partial charge in [-0.3, -0.25) is 4.79 Å². The predicted molar refractivity (Wildman–Crippen MR) is 88.8 cm³/mol. The molecule has 7 nitrogen and oxygen atoms in total. The monoisotopic (exact) mass is 344 g/mol. The lowest BCUT2D eigenvalue weighted by Gasteiger charge is -2.16. The topological polar surface area (TPSA) is 76.8 Å². The number of aryl methyl sites for hydroxylation is 1. The molecule has 0 fully saturated rings. The summed E-state index contributed by atoms with van der Waals surface area (Å²) in [6, 6.07) is 3.67. The summed E-state index contributed by atoms with van der Waals surface area (Å²) in [5, 5.41) is 8.13. The van der Waals surface area contributed by atoms with Crippen molar-refractivity contribution >= 4 is 28.9 Å². The molecular weight excluding hydrogens is 328 g/mol. The fourth-order valence-corrected chi connectivity index (χ4v) is 2.95. The summed E-state index contributed by atoms with van der Waals surface area (Å²) in [4.78, 5) is 30.1. The number of nitrogens with zero attached hydrogens (tertiary/aromatic N) is 4. The van der Waals surface area contributed by atoms with Crippen LogP contribution in [0.1, 0.15) is 21.6 Å². The second-order valence-corrected chi connectivity index (χ2v) is 6.09. The van der Waals surface area contributed by atoms with E-state index < -0.39 is 5.97 Å². The molecule has 0 bridgehead atoms. The Morgan fingerprint density at radius 3 is 3.00 bits per heavy atom. The van der Waals surface area contributed by atoms with E-state index in [1.54, 1.807) is 43.8 Å². The highest BCUT2D eigenvalue weighted by molar-refractivity contribution is 7.07. The Hall–Kier alpha value is -2.74. The molecule has 0 atom stereocenters. The number of rotatable bonds is 5. The van der Waals surface area contributed by atoms with Crippen molar-refractivity contribution in [3.63, 3.8) is 0 Å². The number of aromatic nitrogens is 3. The highest BCUT2D eigenvalue weighted by Crippen LogP contribution is 2.14. The molecule has 0 aliphatic heterocycles. The second kappa shape index (κ2) is 6.79. The molecule has 3 rings (SSSR count). The number of thiophene rings is 1. The van der Waals surface area contributed by atoms with Crippen molar-refractivity contribution in [1.29, 1.82) is 0 Å². The number of carbonyl (C=O) groups excluding carboxylic acids is 2. The zero-order valence-corrected chi connectivity index (χ0v) is 14.1. The molecule has 0 saturated heterocycles. The molecule has 3 aromatic rings. The molecule has 0 spiro atoms. The van der Waals surface area contributed by atoms with E-state index >= 15 is 0 Å². The first-order chi connectivity index (χ1) is 11.6. The van der Waals surface area contributed by atoms with Gasteiger partial charge in [0, 0.05) is 26.0 Å². The Bertz CT molecular complexity index is 873. The molecule has 0 aromatic carbocycles. The summed E-state index contributed by atoms with van der Waals surface area (Å²) < 4.78 is 6.67. The van der Waals surface area contributed by atoms with Crippen LogP contribution in [0.25, 0.3) is 5.65 Å². The van der Waals surface area contributed by atoms with Crippen LogP contribution in [0.2, 0.25) is 0 Å². The zero-order valence-electron chi connectivity index (χ0n) is 13.3. The van der Waals surface area contributed by atoms with Crippen molar-refractivity contribution in [1.82, 2.24) is 19.5 Å². The van der Waals surface area contributed by atoms with Crippen LogP contribution in [-0.4, -0.2) is 45.0 Å². The summed E-state index contributed by atoms with van der Waals surface area (Å²) >= 11 is 1.57. The third-order valence-corrected chi connectivity index (χ3v) is 4.26. The molecule has 0 aliphatic rings. The molecule has 0 N–H and O–H groups in total. The molecule has 0 saturated carbocycles. The lowest BCUT2D eigenvalue weighted by Crippen LogP contribution is -2.30. The summed E-state index contributed by atoms with van der Waals surface area (Å²) in [7, 11) is 1.68. The van der Waals surface area contributed by atoms with E-state index in [1.807, 2.05) is 16.8 Å². The number of amides is 1. The Balaban J connectivity index is 1.64. The van der Waals surface area contributed by atoms with Crippen LogP contribution < -0.4 is 0 Å².